The molecule has 1 aromatic carbocycles. The van der Waals surface area contributed by atoms with E-state index in [0.29, 0.717) is 24.4 Å². The molecule has 0 aromatic heterocycles. The van der Waals surface area contributed by atoms with Gasteiger partial charge in [0.05, 0.1) is 0 Å². The Morgan fingerprint density at radius 3 is 2.47 bits per heavy atom. The normalized spacial score (nSPS) is 11.7. The van der Waals surface area contributed by atoms with Gasteiger partial charge in [0, 0.05) is 11.6 Å². The van der Waals surface area contributed by atoms with Gasteiger partial charge in [-0.2, -0.15) is 0 Å². The van der Waals surface area contributed by atoms with Crippen molar-refractivity contribution in [2.75, 3.05) is 0 Å². The summed E-state index contributed by atoms with van der Waals surface area (Å²) in [6, 6.07) is 5.71. The molecule has 2 amide bonds. The van der Waals surface area contributed by atoms with Crippen molar-refractivity contribution in [3.63, 3.8) is 0 Å². The Kier molecular flexibility index (Phi) is 6.15. The van der Waals surface area contributed by atoms with E-state index in [1.807, 2.05) is 6.92 Å². The van der Waals surface area contributed by atoms with Crippen molar-refractivity contribution in [3.8, 4) is 0 Å². The summed E-state index contributed by atoms with van der Waals surface area (Å²) in [6.45, 7) is 2.19. The Balaban J connectivity index is 2.42. The average Bonchev–Trinajstić information content (AvgIpc) is 2.37. The summed E-state index contributed by atoms with van der Waals surface area (Å²) in [5.74, 6) is -1.02. The molecular formula is C13H17ClN2O3. The fraction of sp³-hybridized carbons (Fsp3) is 0.385. The van der Waals surface area contributed by atoms with Gasteiger partial charge < -0.3 is 15.7 Å². The lowest BCUT2D eigenvalue weighted by molar-refractivity contribution is -0.139. The number of carboxylic acid groups (broad SMARTS) is 1. The zero-order valence-corrected chi connectivity index (χ0v) is 11.4. The molecular weight excluding hydrogens is 268 g/mol. The summed E-state index contributed by atoms with van der Waals surface area (Å²) in [7, 11) is 0. The first kappa shape index (κ1) is 15.3. The second-order valence-corrected chi connectivity index (χ2v) is 4.57. The second-order valence-electron chi connectivity index (χ2n) is 4.13. The average molecular weight is 285 g/mol. The molecule has 0 heterocycles. The van der Waals surface area contributed by atoms with Gasteiger partial charge in [-0.05, 0) is 24.1 Å². The number of urea groups is 1. The molecule has 0 spiro atoms. The van der Waals surface area contributed by atoms with E-state index in [9.17, 15) is 9.59 Å². The molecule has 0 unspecified atom stereocenters. The van der Waals surface area contributed by atoms with E-state index in [1.54, 1.807) is 24.3 Å². The van der Waals surface area contributed by atoms with Gasteiger partial charge in [-0.25, -0.2) is 9.59 Å². The van der Waals surface area contributed by atoms with Crippen molar-refractivity contribution >= 4 is 23.6 Å². The highest BCUT2D eigenvalue weighted by Gasteiger charge is 2.18. The molecule has 104 valence electrons. The van der Waals surface area contributed by atoms with Crippen LogP contribution in [0.4, 0.5) is 4.79 Å². The molecule has 0 aliphatic rings. The monoisotopic (exact) mass is 284 g/mol. The van der Waals surface area contributed by atoms with E-state index in [2.05, 4.69) is 10.6 Å². The van der Waals surface area contributed by atoms with E-state index >= 15 is 0 Å². The number of aliphatic carboxylic acids is 1. The van der Waals surface area contributed by atoms with Gasteiger partial charge in [0.1, 0.15) is 6.04 Å². The lowest BCUT2D eigenvalue weighted by atomic mass is 10.2. The fourth-order valence-electron chi connectivity index (χ4n) is 1.54. The first-order chi connectivity index (χ1) is 9.02. The molecule has 0 aliphatic heterocycles. The third-order valence-electron chi connectivity index (χ3n) is 2.55. The number of amides is 2. The minimum absolute atomic E-state index is 0.321. The molecule has 1 aromatic rings. The minimum atomic E-state index is -1.02. The Bertz CT molecular complexity index is 434. The van der Waals surface area contributed by atoms with Gasteiger partial charge >= 0.3 is 12.0 Å². The van der Waals surface area contributed by atoms with Crippen molar-refractivity contribution in [1.82, 2.24) is 10.6 Å². The molecule has 0 aliphatic carbocycles. The van der Waals surface area contributed by atoms with Crippen molar-refractivity contribution in [2.45, 2.75) is 32.4 Å². The van der Waals surface area contributed by atoms with Gasteiger partial charge in [-0.1, -0.05) is 37.1 Å². The van der Waals surface area contributed by atoms with Gasteiger partial charge in [0.15, 0.2) is 0 Å². The molecule has 0 fully saturated rings. The molecule has 0 saturated heterocycles. The number of nitrogens with one attached hydrogen (secondary N) is 2. The van der Waals surface area contributed by atoms with E-state index < -0.39 is 18.0 Å². The topological polar surface area (TPSA) is 78.4 Å². The Hall–Kier alpha value is -1.75. The minimum Gasteiger partial charge on any atom is -0.480 e. The molecule has 1 atom stereocenters. The van der Waals surface area contributed by atoms with Crippen LogP contribution >= 0.6 is 11.6 Å². The van der Waals surface area contributed by atoms with E-state index in [0.717, 1.165) is 5.56 Å². The van der Waals surface area contributed by atoms with E-state index in [1.165, 1.54) is 0 Å². The number of hydrogen-bond acceptors (Lipinski definition) is 2. The number of halogens is 1. The molecule has 0 saturated carbocycles. The molecule has 0 bridgehead atoms. The van der Waals surface area contributed by atoms with Crippen LogP contribution < -0.4 is 10.6 Å². The molecule has 19 heavy (non-hydrogen) atoms. The van der Waals surface area contributed by atoms with Crippen LogP contribution in [-0.2, 0) is 11.3 Å². The van der Waals surface area contributed by atoms with Crippen molar-refractivity contribution < 1.29 is 14.7 Å². The smallest absolute Gasteiger partial charge is 0.326 e. The van der Waals surface area contributed by atoms with E-state index in [4.69, 9.17) is 16.7 Å². The zero-order chi connectivity index (χ0) is 14.3. The predicted octanol–water partition coefficient (Wildman–Crippen LogP) is 2.39. The van der Waals surface area contributed by atoms with Gasteiger partial charge in [0.2, 0.25) is 0 Å². The van der Waals surface area contributed by atoms with Gasteiger partial charge in [0.25, 0.3) is 0 Å². The number of benzene rings is 1. The van der Waals surface area contributed by atoms with Crippen LogP contribution in [0.3, 0.4) is 0 Å². The number of hydrogen-bond donors (Lipinski definition) is 3. The summed E-state index contributed by atoms with van der Waals surface area (Å²) < 4.78 is 0. The SMILES string of the molecule is CCC[C@H](NC(=O)NCc1ccc(Cl)cc1)C(=O)O. The number of carboxylic acids is 1. The van der Waals surface area contributed by atoms with Crippen molar-refractivity contribution in [3.05, 3.63) is 34.9 Å². The number of carbonyl (C=O) groups excluding carboxylic acids is 1. The molecule has 1 rings (SSSR count). The van der Waals surface area contributed by atoms with Gasteiger partial charge in [-0.15, -0.1) is 0 Å². The lowest BCUT2D eigenvalue weighted by Crippen LogP contribution is -2.45. The maximum atomic E-state index is 11.6. The van der Waals surface area contributed by atoms with Crippen LogP contribution in [0, 0.1) is 0 Å². The molecule has 0 radical (unpaired) electrons. The number of rotatable bonds is 6. The van der Waals surface area contributed by atoms with Crippen LogP contribution in [0.5, 0.6) is 0 Å². The Labute approximate surface area is 117 Å². The predicted molar refractivity (Wildman–Crippen MR) is 73.2 cm³/mol. The maximum Gasteiger partial charge on any atom is 0.326 e. The Morgan fingerprint density at radius 1 is 1.32 bits per heavy atom. The molecule has 3 N–H and O–H groups in total. The van der Waals surface area contributed by atoms with Crippen LogP contribution in [0.2, 0.25) is 5.02 Å². The first-order valence-electron chi connectivity index (χ1n) is 6.04. The highest BCUT2D eigenvalue weighted by molar-refractivity contribution is 6.30. The third-order valence-corrected chi connectivity index (χ3v) is 2.80. The summed E-state index contributed by atoms with van der Waals surface area (Å²) >= 11 is 5.75. The van der Waals surface area contributed by atoms with Crippen LogP contribution in [0.15, 0.2) is 24.3 Å². The van der Waals surface area contributed by atoms with Gasteiger partial charge in [-0.3, -0.25) is 0 Å². The second kappa shape index (κ2) is 7.63. The summed E-state index contributed by atoms with van der Waals surface area (Å²) in [4.78, 5) is 22.4. The van der Waals surface area contributed by atoms with Crippen molar-refractivity contribution in [1.29, 1.82) is 0 Å². The highest BCUT2D eigenvalue weighted by Crippen LogP contribution is 2.09. The lowest BCUT2D eigenvalue weighted by Gasteiger charge is -2.14. The quantitative estimate of drug-likeness (QED) is 0.750. The Morgan fingerprint density at radius 2 is 1.95 bits per heavy atom. The van der Waals surface area contributed by atoms with E-state index in [-0.39, 0.29) is 0 Å². The molecule has 5 nitrogen and oxygen atoms in total. The fourth-order valence-corrected chi connectivity index (χ4v) is 1.67. The van der Waals surface area contributed by atoms with Crippen LogP contribution in [0.25, 0.3) is 0 Å². The maximum absolute atomic E-state index is 11.6. The number of carbonyl (C=O) groups is 2. The summed E-state index contributed by atoms with van der Waals surface area (Å²) in [5.41, 5.74) is 0.891. The first-order valence-corrected chi connectivity index (χ1v) is 6.42. The van der Waals surface area contributed by atoms with Crippen LogP contribution in [-0.4, -0.2) is 23.1 Å². The standard InChI is InChI=1S/C13H17ClN2O3/c1-2-3-11(12(17)18)16-13(19)15-8-9-4-6-10(14)7-5-9/h4-7,11H,2-3,8H2,1H3,(H,17,18)(H2,15,16,19)/t11-/m0/s1. The molecule has 6 heteroatoms. The largest absolute Gasteiger partial charge is 0.480 e. The summed E-state index contributed by atoms with van der Waals surface area (Å²) in [6.07, 6.45) is 1.10. The highest BCUT2D eigenvalue weighted by atomic mass is 35.5. The third kappa shape index (κ3) is 5.61. The van der Waals surface area contributed by atoms with Crippen LogP contribution in [0.1, 0.15) is 25.3 Å². The zero-order valence-electron chi connectivity index (χ0n) is 10.6. The summed E-state index contributed by atoms with van der Waals surface area (Å²) in [5, 5.41) is 14.6. The van der Waals surface area contributed by atoms with Crippen molar-refractivity contribution in [2.24, 2.45) is 0 Å².